The quantitative estimate of drug-likeness (QED) is 0.268. The Morgan fingerprint density at radius 3 is 1.58 bits per heavy atom. The first-order valence-electron chi connectivity index (χ1n) is 8.68. The molecule has 0 aliphatic carbocycles. The summed E-state index contributed by atoms with van der Waals surface area (Å²) in [5.74, 6) is 0. The van der Waals surface area contributed by atoms with Crippen LogP contribution in [0.3, 0.4) is 0 Å². The van der Waals surface area contributed by atoms with Crippen LogP contribution in [0.25, 0.3) is 0 Å². The molecule has 2 unspecified atom stereocenters. The van der Waals surface area contributed by atoms with Gasteiger partial charge < -0.3 is 33.7 Å². The van der Waals surface area contributed by atoms with Crippen LogP contribution < -0.4 is 0 Å². The fraction of sp³-hybridized carbons (Fsp3) is 1.00. The van der Waals surface area contributed by atoms with E-state index in [1.807, 2.05) is 25.7 Å². The summed E-state index contributed by atoms with van der Waals surface area (Å²) in [7, 11) is -2.71. The monoisotopic (exact) mass is 369 g/mol. The summed E-state index contributed by atoms with van der Waals surface area (Å²) in [4.78, 5) is 1.81. The lowest BCUT2D eigenvalue weighted by Crippen LogP contribution is -2.47. The smallest absolute Gasteiger partial charge is 0.394 e. The molecule has 0 heterocycles. The Morgan fingerprint density at radius 2 is 1.25 bits per heavy atom. The molecule has 0 aromatic heterocycles. The van der Waals surface area contributed by atoms with E-state index >= 15 is 0 Å². The second-order valence-electron chi connectivity index (χ2n) is 5.52. The van der Waals surface area contributed by atoms with E-state index in [2.05, 4.69) is 0 Å². The summed E-state index contributed by atoms with van der Waals surface area (Å²) >= 11 is 0. The number of aliphatic hydroxyl groups is 4. The van der Waals surface area contributed by atoms with Crippen molar-refractivity contribution in [1.82, 2.24) is 4.90 Å². The highest BCUT2D eigenvalue weighted by Crippen LogP contribution is 2.18. The van der Waals surface area contributed by atoms with E-state index in [1.165, 1.54) is 0 Å². The fourth-order valence-corrected chi connectivity index (χ4v) is 5.08. The van der Waals surface area contributed by atoms with Crippen LogP contribution >= 0.6 is 0 Å². The van der Waals surface area contributed by atoms with Crippen LogP contribution in [0.2, 0.25) is 6.04 Å². The molecular formula is C15H35NO7Si. The average molecular weight is 370 g/mol. The van der Waals surface area contributed by atoms with Gasteiger partial charge in [0.2, 0.25) is 0 Å². The number of nitrogens with zero attached hydrogens (tertiary/aromatic N) is 1. The predicted molar refractivity (Wildman–Crippen MR) is 92.7 cm³/mol. The Morgan fingerprint density at radius 1 is 0.833 bits per heavy atom. The molecule has 2 atom stereocenters. The second-order valence-corrected chi connectivity index (χ2v) is 8.25. The zero-order valence-electron chi connectivity index (χ0n) is 15.2. The van der Waals surface area contributed by atoms with Gasteiger partial charge in [-0.15, -0.1) is 0 Å². The van der Waals surface area contributed by atoms with E-state index in [9.17, 15) is 10.2 Å². The number of aliphatic hydroxyl groups excluding tert-OH is 4. The lowest BCUT2D eigenvalue weighted by molar-refractivity contribution is 0.0222. The van der Waals surface area contributed by atoms with Crippen molar-refractivity contribution >= 4 is 8.80 Å². The molecule has 146 valence electrons. The van der Waals surface area contributed by atoms with Crippen molar-refractivity contribution in [3.63, 3.8) is 0 Å². The van der Waals surface area contributed by atoms with Gasteiger partial charge in [0.05, 0.1) is 25.4 Å². The molecule has 0 aromatic rings. The number of hydrogen-bond acceptors (Lipinski definition) is 8. The minimum absolute atomic E-state index is 0.222. The maximum atomic E-state index is 9.62. The van der Waals surface area contributed by atoms with Crippen LogP contribution in [-0.2, 0) is 13.3 Å². The van der Waals surface area contributed by atoms with E-state index in [1.54, 1.807) is 0 Å². The molecule has 0 saturated carbocycles. The molecule has 0 saturated heterocycles. The van der Waals surface area contributed by atoms with Gasteiger partial charge in [0, 0.05) is 39.0 Å². The van der Waals surface area contributed by atoms with E-state index in [-0.39, 0.29) is 26.3 Å². The molecule has 0 aliphatic heterocycles. The van der Waals surface area contributed by atoms with Crippen LogP contribution in [0.4, 0.5) is 0 Å². The summed E-state index contributed by atoms with van der Waals surface area (Å²) in [5.41, 5.74) is 0. The van der Waals surface area contributed by atoms with Gasteiger partial charge in [-0.05, 0) is 33.7 Å². The van der Waals surface area contributed by atoms with Gasteiger partial charge in [-0.1, -0.05) is 0 Å². The van der Waals surface area contributed by atoms with Gasteiger partial charge in [0.15, 0.2) is 0 Å². The van der Waals surface area contributed by atoms with Gasteiger partial charge in [-0.25, -0.2) is 0 Å². The zero-order valence-corrected chi connectivity index (χ0v) is 16.2. The molecule has 0 rings (SSSR count). The molecule has 0 aromatic carbocycles. The number of rotatable bonds is 16. The van der Waals surface area contributed by atoms with Crippen LogP contribution in [0.15, 0.2) is 0 Å². The zero-order chi connectivity index (χ0) is 18.4. The average Bonchev–Trinajstić information content (AvgIpc) is 2.55. The third-order valence-corrected chi connectivity index (χ3v) is 6.56. The van der Waals surface area contributed by atoms with Crippen molar-refractivity contribution in [2.45, 2.75) is 45.4 Å². The maximum absolute atomic E-state index is 9.62. The third kappa shape index (κ3) is 10.0. The highest BCUT2D eigenvalue weighted by Gasteiger charge is 2.39. The molecule has 9 heteroatoms. The van der Waals surface area contributed by atoms with Gasteiger partial charge >= 0.3 is 8.80 Å². The summed E-state index contributed by atoms with van der Waals surface area (Å²) < 4.78 is 17.4. The van der Waals surface area contributed by atoms with Gasteiger partial charge in [-0.2, -0.15) is 0 Å². The minimum Gasteiger partial charge on any atom is -0.394 e. The molecule has 0 aliphatic rings. The first kappa shape index (κ1) is 23.9. The largest absolute Gasteiger partial charge is 0.500 e. The molecule has 4 N–H and O–H groups in total. The molecule has 0 radical (unpaired) electrons. The molecular weight excluding hydrogens is 334 g/mol. The Kier molecular flexibility index (Phi) is 14.0. The van der Waals surface area contributed by atoms with Crippen molar-refractivity contribution in [2.75, 3.05) is 52.7 Å². The first-order chi connectivity index (χ1) is 11.5. The topological polar surface area (TPSA) is 112 Å². The minimum atomic E-state index is -2.71. The molecule has 24 heavy (non-hydrogen) atoms. The molecule has 8 nitrogen and oxygen atoms in total. The first-order valence-corrected chi connectivity index (χ1v) is 10.6. The van der Waals surface area contributed by atoms with Gasteiger partial charge in [0.1, 0.15) is 0 Å². The van der Waals surface area contributed by atoms with E-state index in [0.717, 1.165) is 0 Å². The van der Waals surface area contributed by atoms with Crippen molar-refractivity contribution in [3.8, 4) is 0 Å². The molecule has 0 amide bonds. The van der Waals surface area contributed by atoms with E-state index in [4.69, 9.17) is 23.5 Å². The summed E-state index contributed by atoms with van der Waals surface area (Å²) in [6, 6.07) is 0.628. The van der Waals surface area contributed by atoms with Crippen LogP contribution in [0.5, 0.6) is 0 Å². The maximum Gasteiger partial charge on any atom is 0.500 e. The molecule has 0 fully saturated rings. The Labute approximate surface area is 146 Å². The standard InChI is InChI=1S/C15H35NO7Si/c1-4-21-24(22-5-2,23-6-3)9-7-8-16(10-14(19)12-17)11-15(20)13-18/h14-15,17-20H,4-13H2,1-3H3. The van der Waals surface area contributed by atoms with E-state index < -0.39 is 21.0 Å². The second kappa shape index (κ2) is 14.1. The fourth-order valence-electron chi connectivity index (χ4n) is 2.49. The highest BCUT2D eigenvalue weighted by atomic mass is 28.4. The summed E-state index contributed by atoms with van der Waals surface area (Å²) in [6.45, 7) is 7.58. The number of hydrogen-bond donors (Lipinski definition) is 4. The molecule has 0 spiro atoms. The van der Waals surface area contributed by atoms with Crippen molar-refractivity contribution in [2.24, 2.45) is 0 Å². The Balaban J connectivity index is 4.65. The third-order valence-electron chi connectivity index (χ3n) is 3.41. The Hall–Kier alpha value is -0.103. The van der Waals surface area contributed by atoms with E-state index in [0.29, 0.717) is 38.8 Å². The van der Waals surface area contributed by atoms with Crippen LogP contribution in [-0.4, -0.2) is 99.0 Å². The highest BCUT2D eigenvalue weighted by molar-refractivity contribution is 6.60. The van der Waals surface area contributed by atoms with Crippen molar-refractivity contribution in [1.29, 1.82) is 0 Å². The van der Waals surface area contributed by atoms with Crippen LogP contribution in [0, 0.1) is 0 Å². The van der Waals surface area contributed by atoms with Gasteiger partial charge in [0.25, 0.3) is 0 Å². The van der Waals surface area contributed by atoms with Gasteiger partial charge in [-0.3, -0.25) is 4.90 Å². The lowest BCUT2D eigenvalue weighted by atomic mass is 10.2. The SMILES string of the molecule is CCO[Si](CCCN(CC(O)CO)CC(O)CO)(OCC)OCC. The summed E-state index contributed by atoms with van der Waals surface area (Å²) in [5, 5.41) is 37.2. The predicted octanol–water partition coefficient (Wildman–Crippen LogP) is -0.567. The van der Waals surface area contributed by atoms with Crippen molar-refractivity contribution < 1.29 is 33.7 Å². The lowest BCUT2D eigenvalue weighted by Gasteiger charge is -2.30. The normalized spacial score (nSPS) is 15.0. The Bertz CT molecular complexity index is 270. The summed E-state index contributed by atoms with van der Waals surface area (Å²) in [6.07, 6.45) is -1.07. The van der Waals surface area contributed by atoms with Crippen LogP contribution in [0.1, 0.15) is 27.2 Å². The van der Waals surface area contributed by atoms with Crippen molar-refractivity contribution in [3.05, 3.63) is 0 Å². The molecule has 0 bridgehead atoms.